The highest BCUT2D eigenvalue weighted by Gasteiger charge is 2.11. The highest BCUT2D eigenvalue weighted by molar-refractivity contribution is 5.97. The summed E-state index contributed by atoms with van der Waals surface area (Å²) in [7, 11) is 0. The molecule has 0 aromatic heterocycles. The molecule has 0 aromatic carbocycles. The van der Waals surface area contributed by atoms with Crippen molar-refractivity contribution in [3.63, 3.8) is 0 Å². The Hall–Kier alpha value is -1.05. The van der Waals surface area contributed by atoms with E-state index in [9.17, 15) is 0 Å². The van der Waals surface area contributed by atoms with Crippen molar-refractivity contribution in [2.24, 2.45) is 15.7 Å². The number of hydrogen-bond acceptors (Lipinski definition) is 3. The van der Waals surface area contributed by atoms with Crippen molar-refractivity contribution in [2.75, 3.05) is 0 Å². The molecule has 9 heavy (non-hydrogen) atoms. The maximum Gasteiger partial charge on any atom is 0.264 e. The van der Waals surface area contributed by atoms with Crippen LogP contribution in [0.4, 0.5) is 0 Å². The third-order valence-corrected chi connectivity index (χ3v) is 0.942. The molecule has 46 valence electrons. The van der Waals surface area contributed by atoms with E-state index < -0.39 is 0 Å². The minimum Gasteiger partial charge on any atom is -0.311 e. The van der Waals surface area contributed by atoms with Crippen LogP contribution in [0.2, 0.25) is 0 Å². The summed E-state index contributed by atoms with van der Waals surface area (Å²) in [6.07, 6.45) is 5.93. The Balaban J connectivity index is 2.72. The minimum atomic E-state index is -0.0950. The Kier molecular flexibility index (Phi) is 1.68. The molecule has 1 atom stereocenters. The van der Waals surface area contributed by atoms with Crippen LogP contribution >= 0.6 is 0 Å². The van der Waals surface area contributed by atoms with Gasteiger partial charge in [-0.1, -0.05) is 0 Å². The predicted octanol–water partition coefficient (Wildman–Crippen LogP) is 0.207. The van der Waals surface area contributed by atoms with Crippen molar-refractivity contribution in [2.45, 2.75) is 13.0 Å². The Bertz CT molecular complexity index is 177. The lowest BCUT2D eigenvalue weighted by Gasteiger charge is -1.94. The standard InChI is InChI=1S/C6H8N3/c1-5(7)6-8-3-2-4-9-6/h2-3,5H,7H2,1H3/q+1. The van der Waals surface area contributed by atoms with Crippen molar-refractivity contribution in [3.8, 4) is 0 Å². The van der Waals surface area contributed by atoms with Crippen LogP contribution in [-0.4, -0.2) is 18.1 Å². The summed E-state index contributed by atoms with van der Waals surface area (Å²) in [5.74, 6) is 0.637. The summed E-state index contributed by atoms with van der Waals surface area (Å²) >= 11 is 0. The maximum absolute atomic E-state index is 5.47. The van der Waals surface area contributed by atoms with E-state index in [4.69, 9.17) is 5.73 Å². The second-order valence-electron chi connectivity index (χ2n) is 1.83. The number of nitrogens with zero attached hydrogens (tertiary/aromatic N) is 2. The van der Waals surface area contributed by atoms with Crippen LogP contribution in [0.1, 0.15) is 6.92 Å². The van der Waals surface area contributed by atoms with Gasteiger partial charge < -0.3 is 5.73 Å². The molecular weight excluding hydrogens is 114 g/mol. The van der Waals surface area contributed by atoms with Crippen molar-refractivity contribution >= 4 is 12.1 Å². The molecule has 1 rings (SSSR count). The van der Waals surface area contributed by atoms with Crippen LogP contribution in [0.3, 0.4) is 0 Å². The highest BCUT2D eigenvalue weighted by atomic mass is 15.0. The van der Waals surface area contributed by atoms with E-state index in [2.05, 4.69) is 16.2 Å². The van der Waals surface area contributed by atoms with E-state index in [0.717, 1.165) is 0 Å². The van der Waals surface area contributed by atoms with Crippen LogP contribution in [-0.2, 0) is 0 Å². The van der Waals surface area contributed by atoms with Gasteiger partial charge in [-0.05, 0) is 11.9 Å². The first-order valence-electron chi connectivity index (χ1n) is 2.75. The molecule has 0 aliphatic carbocycles. The number of aliphatic imine (C=N–C) groups is 2. The van der Waals surface area contributed by atoms with Crippen LogP contribution in [0.5, 0.6) is 0 Å². The number of hydrogen-bond donors (Lipinski definition) is 1. The van der Waals surface area contributed by atoms with Crippen molar-refractivity contribution < 1.29 is 0 Å². The first-order chi connectivity index (χ1) is 4.30. The van der Waals surface area contributed by atoms with Gasteiger partial charge in [0.1, 0.15) is 18.3 Å². The van der Waals surface area contributed by atoms with E-state index in [1.165, 1.54) is 0 Å². The smallest absolute Gasteiger partial charge is 0.264 e. The lowest BCUT2D eigenvalue weighted by Crippen LogP contribution is -2.25. The third-order valence-electron chi connectivity index (χ3n) is 0.942. The molecule has 3 heteroatoms. The average Bonchev–Trinajstić information content (AvgIpc) is 1.90. The third kappa shape index (κ3) is 1.42. The normalized spacial score (nSPS) is 18.7. The largest absolute Gasteiger partial charge is 0.311 e. The lowest BCUT2D eigenvalue weighted by atomic mass is 10.3. The van der Waals surface area contributed by atoms with E-state index in [-0.39, 0.29) is 6.04 Å². The molecule has 0 radical (unpaired) electrons. The summed E-state index contributed by atoms with van der Waals surface area (Å²) < 4.78 is 0. The van der Waals surface area contributed by atoms with Crippen LogP contribution in [0.15, 0.2) is 22.3 Å². The van der Waals surface area contributed by atoms with Gasteiger partial charge in [-0.25, -0.2) is 0 Å². The maximum atomic E-state index is 5.47. The number of rotatable bonds is 1. The number of allylic oxidation sites excluding steroid dienone is 1. The predicted molar refractivity (Wildman–Crippen MR) is 37.7 cm³/mol. The number of nitrogens with two attached hydrogens (primary N) is 1. The van der Waals surface area contributed by atoms with Gasteiger partial charge in [0.25, 0.3) is 5.84 Å². The van der Waals surface area contributed by atoms with Gasteiger partial charge in [-0.3, -0.25) is 0 Å². The van der Waals surface area contributed by atoms with E-state index >= 15 is 0 Å². The molecule has 0 bridgehead atoms. The van der Waals surface area contributed by atoms with Crippen molar-refractivity contribution in [1.29, 1.82) is 0 Å². The van der Waals surface area contributed by atoms with Crippen molar-refractivity contribution in [1.82, 2.24) is 0 Å². The fourth-order valence-corrected chi connectivity index (χ4v) is 0.499. The molecule has 0 spiro atoms. The van der Waals surface area contributed by atoms with Gasteiger partial charge in [-0.15, -0.1) is 4.99 Å². The van der Waals surface area contributed by atoms with Crippen LogP contribution in [0, 0.1) is 0 Å². The molecular formula is C6H8N3+. The summed E-state index contributed by atoms with van der Waals surface area (Å²) in [5, 5.41) is 0. The molecule has 0 amide bonds. The summed E-state index contributed by atoms with van der Waals surface area (Å²) in [6.45, 7) is 1.84. The van der Waals surface area contributed by atoms with Gasteiger partial charge in [0.2, 0.25) is 0 Å². The molecule has 0 saturated heterocycles. The van der Waals surface area contributed by atoms with E-state index in [1.54, 1.807) is 12.3 Å². The molecule has 3 nitrogen and oxygen atoms in total. The summed E-state index contributed by atoms with van der Waals surface area (Å²) in [5.41, 5.74) is 5.47. The zero-order valence-electron chi connectivity index (χ0n) is 5.20. The summed E-state index contributed by atoms with van der Waals surface area (Å²) in [4.78, 5) is 7.73. The number of amidine groups is 1. The highest BCUT2D eigenvalue weighted by Crippen LogP contribution is 1.92. The molecule has 1 unspecified atom stereocenters. The SMILES string of the molecule is CC(N)C1=NC=C[C+]=N1. The molecule has 2 N–H and O–H groups in total. The Morgan fingerprint density at radius 3 is 2.89 bits per heavy atom. The molecule has 0 aromatic rings. The Morgan fingerprint density at radius 2 is 2.56 bits per heavy atom. The molecule has 1 aliphatic heterocycles. The minimum absolute atomic E-state index is 0.0950. The van der Waals surface area contributed by atoms with Crippen LogP contribution < -0.4 is 5.73 Å². The first kappa shape index (κ1) is 6.08. The zero-order valence-corrected chi connectivity index (χ0v) is 5.20. The van der Waals surface area contributed by atoms with Gasteiger partial charge in [0.05, 0.1) is 0 Å². The zero-order chi connectivity index (χ0) is 6.69. The Morgan fingerprint density at radius 1 is 1.78 bits per heavy atom. The van der Waals surface area contributed by atoms with Crippen molar-refractivity contribution in [3.05, 3.63) is 12.3 Å². The second kappa shape index (κ2) is 2.49. The lowest BCUT2D eigenvalue weighted by molar-refractivity contribution is 0.959. The fourth-order valence-electron chi connectivity index (χ4n) is 0.499. The van der Waals surface area contributed by atoms with E-state index in [1.807, 2.05) is 6.92 Å². The van der Waals surface area contributed by atoms with Crippen LogP contribution in [0.25, 0.3) is 0 Å². The summed E-state index contributed by atoms with van der Waals surface area (Å²) in [6, 6.07) is -0.0950. The first-order valence-corrected chi connectivity index (χ1v) is 2.75. The van der Waals surface area contributed by atoms with E-state index in [0.29, 0.717) is 5.84 Å². The molecule has 1 heterocycles. The Labute approximate surface area is 54.0 Å². The molecule has 1 aliphatic rings. The van der Waals surface area contributed by atoms with Gasteiger partial charge >= 0.3 is 0 Å². The molecule has 0 fully saturated rings. The average molecular weight is 122 g/mol. The quantitative estimate of drug-likeness (QED) is 0.496. The van der Waals surface area contributed by atoms with Gasteiger partial charge in [-0.2, -0.15) is 0 Å². The monoisotopic (exact) mass is 122 g/mol. The van der Waals surface area contributed by atoms with Gasteiger partial charge in [0, 0.05) is 0 Å². The second-order valence-corrected chi connectivity index (χ2v) is 1.83. The molecule has 0 saturated carbocycles. The fraction of sp³-hybridized carbons (Fsp3) is 0.333. The topological polar surface area (TPSA) is 50.7 Å². The van der Waals surface area contributed by atoms with Gasteiger partial charge in [0.15, 0.2) is 6.21 Å².